The van der Waals surface area contributed by atoms with Crippen molar-refractivity contribution in [2.45, 2.75) is 37.8 Å². The van der Waals surface area contributed by atoms with Crippen molar-refractivity contribution in [3.63, 3.8) is 0 Å². The summed E-state index contributed by atoms with van der Waals surface area (Å²) in [5, 5.41) is 3.89. The Morgan fingerprint density at radius 2 is 1.14 bits per heavy atom. The molecule has 1 aromatic heterocycles. The van der Waals surface area contributed by atoms with Crippen LogP contribution in [0.25, 0.3) is 0 Å². The Hall–Kier alpha value is -4.11. The third-order valence-corrected chi connectivity index (χ3v) is 7.95. The molecule has 3 nitrogen and oxygen atoms in total. The normalized spacial score (nSPS) is 19.2. The quantitative estimate of drug-likeness (QED) is 0.240. The lowest BCUT2D eigenvalue weighted by molar-refractivity contribution is 0.181. The van der Waals surface area contributed by atoms with Gasteiger partial charge in [-0.15, -0.1) is 0 Å². The van der Waals surface area contributed by atoms with Crippen LogP contribution in [-0.2, 0) is 11.1 Å². The minimum atomic E-state index is -0.553. The molecule has 1 heterocycles. The van der Waals surface area contributed by atoms with Gasteiger partial charge in [0.05, 0.1) is 17.6 Å². The molecule has 0 radical (unpaired) electrons. The first-order valence-electron chi connectivity index (χ1n) is 13.2. The van der Waals surface area contributed by atoms with E-state index in [-0.39, 0.29) is 5.54 Å². The molecule has 4 aromatic carbocycles. The van der Waals surface area contributed by atoms with Crippen molar-refractivity contribution in [1.82, 2.24) is 9.55 Å². The number of nitrogens with one attached hydrogen (secondary N) is 1. The Kier molecular flexibility index (Phi) is 5.92. The average molecular weight is 484 g/mol. The summed E-state index contributed by atoms with van der Waals surface area (Å²) < 4.78 is 2.40. The molecule has 0 unspecified atom stereocenters. The molecule has 1 fully saturated rings. The van der Waals surface area contributed by atoms with Crippen molar-refractivity contribution in [2.24, 2.45) is 5.92 Å². The van der Waals surface area contributed by atoms with Gasteiger partial charge in [-0.3, -0.25) is 0 Å². The topological polar surface area (TPSA) is 29.9 Å². The summed E-state index contributed by atoms with van der Waals surface area (Å²) in [5.41, 5.74) is 6.38. The maximum Gasteiger partial charge on any atom is 0.121 e. The van der Waals surface area contributed by atoms with Crippen molar-refractivity contribution in [3.05, 3.63) is 156 Å². The average Bonchev–Trinajstić information content (AvgIpc) is 3.32. The summed E-state index contributed by atoms with van der Waals surface area (Å²) in [6.07, 6.45) is 4.19. The number of benzene rings is 4. The number of anilines is 1. The van der Waals surface area contributed by atoms with Crippen LogP contribution in [0.1, 0.15) is 47.8 Å². The zero-order valence-electron chi connectivity index (χ0n) is 21.5. The third kappa shape index (κ3) is 3.86. The van der Waals surface area contributed by atoms with Gasteiger partial charge in [0.25, 0.3) is 0 Å². The Labute approximate surface area is 219 Å². The van der Waals surface area contributed by atoms with Gasteiger partial charge < -0.3 is 9.88 Å². The number of hydrogen-bond donors (Lipinski definition) is 1. The predicted octanol–water partition coefficient (Wildman–Crippen LogP) is 7.77. The van der Waals surface area contributed by atoms with E-state index in [0.29, 0.717) is 5.92 Å². The van der Waals surface area contributed by atoms with Gasteiger partial charge in [-0.25, -0.2) is 4.98 Å². The molecule has 1 saturated carbocycles. The summed E-state index contributed by atoms with van der Waals surface area (Å²) in [7, 11) is 0. The van der Waals surface area contributed by atoms with Gasteiger partial charge in [-0.1, -0.05) is 116 Å². The van der Waals surface area contributed by atoms with Crippen LogP contribution in [0.15, 0.2) is 128 Å². The molecule has 5 aromatic rings. The summed E-state index contributed by atoms with van der Waals surface area (Å²) in [5.74, 6) is 0.655. The first-order valence-corrected chi connectivity index (χ1v) is 13.2. The fraction of sp³-hybridized carbons (Fsp3) is 0.206. The monoisotopic (exact) mass is 483 g/mol. The lowest BCUT2D eigenvalue weighted by Gasteiger charge is -2.47. The number of nitrogens with zero attached hydrogens (tertiary/aromatic N) is 2. The van der Waals surface area contributed by atoms with Crippen LogP contribution < -0.4 is 5.32 Å². The van der Waals surface area contributed by atoms with Gasteiger partial charge >= 0.3 is 0 Å². The van der Waals surface area contributed by atoms with Gasteiger partial charge in [-0.2, -0.15) is 0 Å². The van der Waals surface area contributed by atoms with Crippen LogP contribution >= 0.6 is 0 Å². The van der Waals surface area contributed by atoms with E-state index in [4.69, 9.17) is 4.98 Å². The van der Waals surface area contributed by atoms with E-state index in [1.165, 1.54) is 22.4 Å². The highest BCUT2D eigenvalue weighted by Gasteiger charge is 2.48. The van der Waals surface area contributed by atoms with Crippen molar-refractivity contribution in [1.29, 1.82) is 0 Å². The second kappa shape index (κ2) is 9.40. The zero-order valence-corrected chi connectivity index (χ0v) is 21.5. The Morgan fingerprint density at radius 3 is 1.57 bits per heavy atom. The number of rotatable bonds is 7. The lowest BCUT2D eigenvalue weighted by Crippen LogP contribution is -2.48. The fourth-order valence-corrected chi connectivity index (χ4v) is 6.46. The number of aromatic nitrogens is 2. The molecule has 1 aliphatic rings. The molecule has 0 bridgehead atoms. The van der Waals surface area contributed by atoms with E-state index < -0.39 is 5.54 Å². The standard InChI is InChI=1S/C34H33N3/c1-26-23-33(24-26,36-31-21-13-6-14-22-31)32-27(2)37(25-35-32)34(28-15-7-3-8-16-28,29-17-9-4-10-18-29)30-19-11-5-12-20-30/h3-22,25-26,36H,23-24H2,1-2H3. The molecule has 0 amide bonds. The van der Waals surface area contributed by atoms with Gasteiger partial charge in [0.1, 0.15) is 5.54 Å². The fourth-order valence-electron chi connectivity index (χ4n) is 6.46. The number of para-hydroxylation sites is 1. The second-order valence-corrected chi connectivity index (χ2v) is 10.4. The molecule has 0 saturated heterocycles. The molecule has 0 atom stereocenters. The van der Waals surface area contributed by atoms with Gasteiger partial charge in [0.2, 0.25) is 0 Å². The van der Waals surface area contributed by atoms with Gasteiger partial charge in [0, 0.05) is 11.4 Å². The van der Waals surface area contributed by atoms with Crippen LogP contribution in [0, 0.1) is 12.8 Å². The molecular weight excluding hydrogens is 450 g/mol. The third-order valence-electron chi connectivity index (χ3n) is 7.95. The molecule has 1 aliphatic carbocycles. The van der Waals surface area contributed by atoms with Crippen LogP contribution in [0.4, 0.5) is 5.69 Å². The summed E-state index contributed by atoms with van der Waals surface area (Å²) in [6, 6.07) is 43.1. The van der Waals surface area contributed by atoms with E-state index in [9.17, 15) is 0 Å². The predicted molar refractivity (Wildman–Crippen MR) is 152 cm³/mol. The maximum absolute atomic E-state index is 5.18. The Bertz CT molecular complexity index is 1350. The van der Waals surface area contributed by atoms with E-state index in [1.54, 1.807) is 0 Å². The van der Waals surface area contributed by atoms with E-state index in [0.717, 1.165) is 24.2 Å². The summed E-state index contributed by atoms with van der Waals surface area (Å²) in [4.78, 5) is 5.18. The van der Waals surface area contributed by atoms with Crippen molar-refractivity contribution < 1.29 is 0 Å². The minimum absolute atomic E-state index is 0.175. The maximum atomic E-state index is 5.18. The highest BCUT2D eigenvalue weighted by atomic mass is 15.2. The molecule has 0 aliphatic heterocycles. The van der Waals surface area contributed by atoms with Crippen molar-refractivity contribution in [3.8, 4) is 0 Å². The Balaban J connectivity index is 1.59. The van der Waals surface area contributed by atoms with Crippen molar-refractivity contribution >= 4 is 5.69 Å². The molecule has 184 valence electrons. The van der Waals surface area contributed by atoms with E-state index in [2.05, 4.69) is 151 Å². The lowest BCUT2D eigenvalue weighted by atomic mass is 9.66. The molecule has 6 rings (SSSR count). The summed E-state index contributed by atoms with van der Waals surface area (Å²) >= 11 is 0. The summed E-state index contributed by atoms with van der Waals surface area (Å²) in [6.45, 7) is 4.57. The van der Waals surface area contributed by atoms with Crippen LogP contribution in [0.5, 0.6) is 0 Å². The highest BCUT2D eigenvalue weighted by molar-refractivity contribution is 5.53. The molecule has 3 heteroatoms. The SMILES string of the molecule is Cc1c(C2(Nc3ccccc3)CC(C)C2)ncn1C(c1ccccc1)(c1ccccc1)c1ccccc1. The highest BCUT2D eigenvalue weighted by Crippen LogP contribution is 2.50. The van der Waals surface area contributed by atoms with E-state index >= 15 is 0 Å². The largest absolute Gasteiger partial charge is 0.374 e. The van der Waals surface area contributed by atoms with Crippen LogP contribution in [0.3, 0.4) is 0 Å². The van der Waals surface area contributed by atoms with Gasteiger partial charge in [-0.05, 0) is 54.5 Å². The molecule has 37 heavy (non-hydrogen) atoms. The first-order chi connectivity index (χ1) is 18.1. The minimum Gasteiger partial charge on any atom is -0.374 e. The smallest absolute Gasteiger partial charge is 0.121 e. The van der Waals surface area contributed by atoms with Gasteiger partial charge in [0.15, 0.2) is 0 Å². The second-order valence-electron chi connectivity index (χ2n) is 10.4. The molecule has 0 spiro atoms. The van der Waals surface area contributed by atoms with Crippen molar-refractivity contribution in [2.75, 3.05) is 5.32 Å². The van der Waals surface area contributed by atoms with Crippen LogP contribution in [-0.4, -0.2) is 9.55 Å². The molecular formula is C34H33N3. The first kappa shape index (κ1) is 23.3. The molecule has 1 N–H and O–H groups in total. The zero-order chi connectivity index (χ0) is 25.3. The number of hydrogen-bond acceptors (Lipinski definition) is 2. The van der Waals surface area contributed by atoms with Crippen LogP contribution in [0.2, 0.25) is 0 Å². The number of imidazole rings is 1. The Morgan fingerprint density at radius 1 is 0.703 bits per heavy atom. The van der Waals surface area contributed by atoms with E-state index in [1.807, 2.05) is 0 Å².